The largest absolute Gasteiger partial charge is 0.496 e. The molecule has 2 atom stereocenters. The lowest BCUT2D eigenvalue weighted by atomic mass is 10.00. The molecule has 1 N–H and O–H groups in total. The van der Waals surface area contributed by atoms with Crippen LogP contribution in [-0.2, 0) is 6.42 Å². The van der Waals surface area contributed by atoms with E-state index < -0.39 is 0 Å². The smallest absolute Gasteiger partial charge is 0.134 e. The van der Waals surface area contributed by atoms with Crippen molar-refractivity contribution in [1.29, 1.82) is 0 Å². The molecule has 3 rings (SSSR count). The fraction of sp³-hybridized carbons (Fsp3) is 0.412. The number of thiophene rings is 1. The van der Waals surface area contributed by atoms with E-state index in [-0.39, 0.29) is 12.1 Å². The van der Waals surface area contributed by atoms with Gasteiger partial charge in [-0.1, -0.05) is 19.1 Å². The molecule has 1 aromatic heterocycles. The first-order chi connectivity index (χ1) is 10.2. The van der Waals surface area contributed by atoms with Crippen LogP contribution >= 0.6 is 11.3 Å². The van der Waals surface area contributed by atoms with Gasteiger partial charge in [-0.3, -0.25) is 0 Å². The number of methoxy groups -OCH3 is 1. The number of rotatable bonds is 5. The highest BCUT2D eigenvalue weighted by atomic mass is 32.1. The van der Waals surface area contributed by atoms with Crippen LogP contribution in [-0.4, -0.2) is 19.8 Å². The lowest BCUT2D eigenvalue weighted by Crippen LogP contribution is -2.21. The zero-order chi connectivity index (χ0) is 14.8. The Labute approximate surface area is 129 Å². The molecule has 0 radical (unpaired) electrons. The van der Waals surface area contributed by atoms with E-state index in [9.17, 15) is 0 Å². The molecule has 0 bridgehead atoms. The molecule has 2 aromatic rings. The molecule has 112 valence electrons. The standard InChI is InChI=1S/C17H21NO2S/c1-4-18-16(17-15(19-3)7-8-21-17)12-5-6-14-13(10-12)9-11(2)20-14/h5-8,10-11,16,18H,4,9H2,1-3H3. The van der Waals surface area contributed by atoms with Crippen LogP contribution in [0.4, 0.5) is 0 Å². The van der Waals surface area contributed by atoms with Crippen molar-refractivity contribution in [3.8, 4) is 11.5 Å². The fourth-order valence-corrected chi connectivity index (χ4v) is 3.84. The number of hydrogen-bond donors (Lipinski definition) is 1. The van der Waals surface area contributed by atoms with E-state index in [0.717, 1.165) is 24.5 Å². The molecule has 4 heteroatoms. The van der Waals surface area contributed by atoms with Crippen LogP contribution in [0.25, 0.3) is 0 Å². The van der Waals surface area contributed by atoms with Crippen molar-refractivity contribution in [2.24, 2.45) is 0 Å². The minimum Gasteiger partial charge on any atom is -0.496 e. The molecule has 1 aliphatic heterocycles. The zero-order valence-electron chi connectivity index (χ0n) is 12.7. The Kier molecular flexibility index (Phi) is 4.17. The molecular formula is C17H21NO2S. The van der Waals surface area contributed by atoms with E-state index >= 15 is 0 Å². The molecule has 1 aromatic carbocycles. The molecule has 0 saturated carbocycles. The highest BCUT2D eigenvalue weighted by Gasteiger charge is 2.23. The first-order valence-corrected chi connectivity index (χ1v) is 8.25. The van der Waals surface area contributed by atoms with Crippen molar-refractivity contribution in [3.05, 3.63) is 45.6 Å². The van der Waals surface area contributed by atoms with Gasteiger partial charge in [0, 0.05) is 6.42 Å². The maximum absolute atomic E-state index is 5.79. The molecule has 0 amide bonds. The predicted molar refractivity (Wildman–Crippen MR) is 86.6 cm³/mol. The normalized spacial score (nSPS) is 18.1. The summed E-state index contributed by atoms with van der Waals surface area (Å²) in [7, 11) is 1.73. The average Bonchev–Trinajstić information content (AvgIpc) is 3.08. The summed E-state index contributed by atoms with van der Waals surface area (Å²) in [5.74, 6) is 1.98. The Morgan fingerprint density at radius 1 is 1.43 bits per heavy atom. The molecule has 0 saturated heterocycles. The van der Waals surface area contributed by atoms with Crippen LogP contribution in [0.15, 0.2) is 29.6 Å². The molecule has 0 fully saturated rings. The third kappa shape index (κ3) is 2.78. The quantitative estimate of drug-likeness (QED) is 0.912. The molecule has 1 aliphatic rings. The summed E-state index contributed by atoms with van der Waals surface area (Å²) in [5.41, 5.74) is 2.58. The number of ether oxygens (including phenoxy) is 2. The summed E-state index contributed by atoms with van der Waals surface area (Å²) < 4.78 is 11.3. The maximum Gasteiger partial charge on any atom is 0.134 e. The lowest BCUT2D eigenvalue weighted by Gasteiger charge is -2.19. The highest BCUT2D eigenvalue weighted by Crippen LogP contribution is 2.37. The van der Waals surface area contributed by atoms with Gasteiger partial charge in [0.1, 0.15) is 17.6 Å². The minimum atomic E-state index is 0.172. The highest BCUT2D eigenvalue weighted by molar-refractivity contribution is 7.10. The van der Waals surface area contributed by atoms with Crippen molar-refractivity contribution in [2.75, 3.05) is 13.7 Å². The summed E-state index contributed by atoms with van der Waals surface area (Å²) in [6.07, 6.45) is 1.27. The number of fused-ring (bicyclic) bond motifs is 1. The molecule has 2 unspecified atom stereocenters. The van der Waals surface area contributed by atoms with Gasteiger partial charge in [0.2, 0.25) is 0 Å². The van der Waals surface area contributed by atoms with Gasteiger partial charge in [-0.2, -0.15) is 0 Å². The number of benzene rings is 1. The van der Waals surface area contributed by atoms with Crippen LogP contribution in [0.3, 0.4) is 0 Å². The minimum absolute atomic E-state index is 0.172. The van der Waals surface area contributed by atoms with Crippen molar-refractivity contribution >= 4 is 11.3 Å². The van der Waals surface area contributed by atoms with Crippen molar-refractivity contribution in [1.82, 2.24) is 5.32 Å². The van der Waals surface area contributed by atoms with Gasteiger partial charge in [0.15, 0.2) is 0 Å². The first kappa shape index (κ1) is 14.4. The Morgan fingerprint density at radius 3 is 3.05 bits per heavy atom. The summed E-state index contributed by atoms with van der Waals surface area (Å²) in [6, 6.07) is 8.72. The van der Waals surface area contributed by atoms with Crippen LogP contribution in [0.5, 0.6) is 11.5 Å². The second-order valence-corrected chi connectivity index (χ2v) is 6.29. The van der Waals surface area contributed by atoms with Crippen LogP contribution in [0.2, 0.25) is 0 Å². The summed E-state index contributed by atoms with van der Waals surface area (Å²) in [5, 5.41) is 5.65. The first-order valence-electron chi connectivity index (χ1n) is 7.37. The Hall–Kier alpha value is -1.52. The van der Waals surface area contributed by atoms with Gasteiger partial charge in [-0.05, 0) is 42.1 Å². The summed E-state index contributed by atoms with van der Waals surface area (Å²) in [6.45, 7) is 5.16. The molecule has 3 nitrogen and oxygen atoms in total. The number of nitrogens with one attached hydrogen (secondary N) is 1. The summed E-state index contributed by atoms with van der Waals surface area (Å²) >= 11 is 1.73. The van der Waals surface area contributed by atoms with Gasteiger partial charge >= 0.3 is 0 Å². The third-order valence-electron chi connectivity index (χ3n) is 3.80. The monoisotopic (exact) mass is 303 g/mol. The van der Waals surface area contributed by atoms with Gasteiger partial charge in [-0.15, -0.1) is 11.3 Å². The van der Waals surface area contributed by atoms with Gasteiger partial charge < -0.3 is 14.8 Å². The second kappa shape index (κ2) is 6.08. The molecule has 2 heterocycles. The third-order valence-corrected chi connectivity index (χ3v) is 4.76. The topological polar surface area (TPSA) is 30.5 Å². The Bertz CT molecular complexity index is 623. The average molecular weight is 303 g/mol. The van der Waals surface area contributed by atoms with Crippen LogP contribution < -0.4 is 14.8 Å². The lowest BCUT2D eigenvalue weighted by molar-refractivity contribution is 0.254. The van der Waals surface area contributed by atoms with E-state index in [2.05, 4.69) is 42.7 Å². The Balaban J connectivity index is 1.97. The van der Waals surface area contributed by atoms with E-state index in [4.69, 9.17) is 9.47 Å². The van der Waals surface area contributed by atoms with Crippen molar-refractivity contribution < 1.29 is 9.47 Å². The van der Waals surface area contributed by atoms with Gasteiger partial charge in [-0.25, -0.2) is 0 Å². The fourth-order valence-electron chi connectivity index (χ4n) is 2.88. The molecule has 0 aliphatic carbocycles. The van der Waals surface area contributed by atoms with Crippen molar-refractivity contribution in [2.45, 2.75) is 32.4 Å². The van der Waals surface area contributed by atoms with E-state index in [1.54, 1.807) is 18.4 Å². The van der Waals surface area contributed by atoms with Crippen molar-refractivity contribution in [3.63, 3.8) is 0 Å². The van der Waals surface area contributed by atoms with E-state index in [0.29, 0.717) is 0 Å². The van der Waals surface area contributed by atoms with E-state index in [1.807, 2.05) is 6.07 Å². The second-order valence-electron chi connectivity index (χ2n) is 5.34. The SMILES string of the molecule is CCNC(c1ccc2c(c1)CC(C)O2)c1sccc1OC. The van der Waals surface area contributed by atoms with Crippen LogP contribution in [0, 0.1) is 0 Å². The van der Waals surface area contributed by atoms with Gasteiger partial charge in [0.05, 0.1) is 18.0 Å². The number of hydrogen-bond acceptors (Lipinski definition) is 4. The maximum atomic E-state index is 5.79. The zero-order valence-corrected chi connectivity index (χ0v) is 13.5. The predicted octanol–water partition coefficient (Wildman–Crippen LogP) is 3.78. The van der Waals surface area contributed by atoms with E-state index in [1.165, 1.54) is 16.0 Å². The molecule has 21 heavy (non-hydrogen) atoms. The molecular weight excluding hydrogens is 282 g/mol. The molecule has 0 spiro atoms. The van der Waals surface area contributed by atoms with Crippen LogP contribution in [0.1, 0.15) is 35.9 Å². The Morgan fingerprint density at radius 2 is 2.29 bits per heavy atom. The van der Waals surface area contributed by atoms with Gasteiger partial charge in [0.25, 0.3) is 0 Å². The summed E-state index contributed by atoms with van der Waals surface area (Å²) in [4.78, 5) is 1.23.